The molecule has 1 amide bonds. The largest absolute Gasteiger partial charge is 0.337 e. The maximum absolute atomic E-state index is 13.1. The molecule has 27 heavy (non-hydrogen) atoms. The molecule has 6 heteroatoms. The molecule has 5 nitrogen and oxygen atoms in total. The molecule has 2 aliphatic rings. The maximum atomic E-state index is 13.1. The second-order valence-corrected chi connectivity index (χ2v) is 7.42. The Morgan fingerprint density at radius 1 is 1.04 bits per heavy atom. The van der Waals surface area contributed by atoms with Crippen LogP contribution in [0.15, 0.2) is 35.1 Å². The van der Waals surface area contributed by atoms with E-state index in [9.17, 15) is 14.0 Å². The predicted molar refractivity (Wildman–Crippen MR) is 101 cm³/mol. The number of aryl methyl sites for hydroxylation is 2. The highest BCUT2D eigenvalue weighted by Crippen LogP contribution is 2.20. The predicted octanol–water partition coefficient (Wildman–Crippen LogP) is 2.35. The molecule has 0 unspecified atom stereocenters. The van der Waals surface area contributed by atoms with Gasteiger partial charge < -0.3 is 9.88 Å². The quantitative estimate of drug-likeness (QED) is 0.904. The van der Waals surface area contributed by atoms with Crippen molar-refractivity contribution >= 4 is 5.91 Å². The number of pyridine rings is 1. The first-order valence-electron chi connectivity index (χ1n) is 9.61. The number of hydrogen-bond donors (Lipinski definition) is 1. The van der Waals surface area contributed by atoms with Crippen LogP contribution in [-0.4, -0.2) is 46.9 Å². The summed E-state index contributed by atoms with van der Waals surface area (Å²) in [5.41, 5.74) is 3.14. The third-order valence-corrected chi connectivity index (χ3v) is 5.51. The first-order chi connectivity index (χ1) is 13.1. The number of fused-ring (bicyclic) bond motifs is 1. The SMILES string of the molecule is O=C(c1cc2c([nH]c1=O)CCC2)N1CCCN(Cc2ccc(F)cc2)CC1. The highest BCUT2D eigenvalue weighted by atomic mass is 19.1. The first-order valence-corrected chi connectivity index (χ1v) is 9.61. The zero-order valence-electron chi connectivity index (χ0n) is 15.3. The van der Waals surface area contributed by atoms with E-state index >= 15 is 0 Å². The highest BCUT2D eigenvalue weighted by Gasteiger charge is 2.24. The molecule has 1 aromatic carbocycles. The molecule has 0 atom stereocenters. The summed E-state index contributed by atoms with van der Waals surface area (Å²) in [6, 6.07) is 8.34. The Kier molecular flexibility index (Phi) is 5.07. The molecular formula is C21H24FN3O2. The molecule has 0 bridgehead atoms. The molecule has 1 aromatic heterocycles. The molecule has 1 fully saturated rings. The molecule has 1 N–H and O–H groups in total. The van der Waals surface area contributed by atoms with E-state index in [2.05, 4.69) is 9.88 Å². The fourth-order valence-electron chi connectivity index (χ4n) is 4.02. The van der Waals surface area contributed by atoms with Crippen molar-refractivity contribution in [2.45, 2.75) is 32.2 Å². The monoisotopic (exact) mass is 369 g/mol. The highest BCUT2D eigenvalue weighted by molar-refractivity contribution is 5.94. The summed E-state index contributed by atoms with van der Waals surface area (Å²) in [6.07, 6.45) is 3.71. The smallest absolute Gasteiger partial charge is 0.261 e. The summed E-state index contributed by atoms with van der Waals surface area (Å²) in [7, 11) is 0. The summed E-state index contributed by atoms with van der Waals surface area (Å²) in [5, 5.41) is 0. The van der Waals surface area contributed by atoms with Crippen LogP contribution in [0, 0.1) is 5.82 Å². The van der Waals surface area contributed by atoms with E-state index in [1.54, 1.807) is 23.1 Å². The van der Waals surface area contributed by atoms with Crippen molar-refractivity contribution in [3.05, 3.63) is 68.9 Å². The molecule has 0 radical (unpaired) electrons. The number of carbonyl (C=O) groups excluding carboxylic acids is 1. The minimum atomic E-state index is -0.270. The summed E-state index contributed by atoms with van der Waals surface area (Å²) in [6.45, 7) is 3.60. The van der Waals surface area contributed by atoms with Crippen LogP contribution < -0.4 is 5.56 Å². The van der Waals surface area contributed by atoms with E-state index in [4.69, 9.17) is 0 Å². The lowest BCUT2D eigenvalue weighted by atomic mass is 10.1. The van der Waals surface area contributed by atoms with Gasteiger partial charge in [0, 0.05) is 38.4 Å². The Morgan fingerprint density at radius 2 is 1.85 bits per heavy atom. The Labute approximate surface area is 157 Å². The van der Waals surface area contributed by atoms with Crippen LogP contribution in [0.25, 0.3) is 0 Å². The minimum Gasteiger partial charge on any atom is -0.337 e. The van der Waals surface area contributed by atoms with Gasteiger partial charge >= 0.3 is 0 Å². The molecule has 0 saturated carbocycles. The fraction of sp³-hybridized carbons (Fsp3) is 0.429. The van der Waals surface area contributed by atoms with Crippen LogP contribution in [0.5, 0.6) is 0 Å². The Balaban J connectivity index is 1.43. The van der Waals surface area contributed by atoms with Crippen LogP contribution in [-0.2, 0) is 19.4 Å². The molecule has 0 spiro atoms. The van der Waals surface area contributed by atoms with Crippen LogP contribution in [0.4, 0.5) is 4.39 Å². The van der Waals surface area contributed by atoms with Crippen molar-refractivity contribution in [1.29, 1.82) is 0 Å². The maximum Gasteiger partial charge on any atom is 0.261 e. The zero-order valence-corrected chi connectivity index (χ0v) is 15.3. The van der Waals surface area contributed by atoms with Crippen LogP contribution in [0.1, 0.15) is 40.0 Å². The van der Waals surface area contributed by atoms with E-state index in [1.165, 1.54) is 12.1 Å². The summed E-state index contributed by atoms with van der Waals surface area (Å²) >= 11 is 0. The molecule has 1 saturated heterocycles. The average Bonchev–Trinajstić information content (AvgIpc) is 2.98. The number of H-pyrrole nitrogens is 1. The third kappa shape index (κ3) is 3.95. The van der Waals surface area contributed by atoms with E-state index in [1.807, 2.05) is 0 Å². The Bertz CT molecular complexity index is 891. The molecular weight excluding hydrogens is 345 g/mol. The van der Waals surface area contributed by atoms with Gasteiger partial charge in [0.1, 0.15) is 11.4 Å². The lowest BCUT2D eigenvalue weighted by Gasteiger charge is -2.22. The van der Waals surface area contributed by atoms with Gasteiger partial charge in [-0.3, -0.25) is 14.5 Å². The van der Waals surface area contributed by atoms with Gasteiger partial charge in [-0.2, -0.15) is 0 Å². The van der Waals surface area contributed by atoms with Gasteiger partial charge in [0.05, 0.1) is 0 Å². The number of nitrogens with zero attached hydrogens (tertiary/aromatic N) is 2. The van der Waals surface area contributed by atoms with Gasteiger partial charge in [0.2, 0.25) is 0 Å². The molecule has 2 aromatic rings. The van der Waals surface area contributed by atoms with Crippen molar-refractivity contribution < 1.29 is 9.18 Å². The average molecular weight is 369 g/mol. The number of rotatable bonds is 3. The Hall–Kier alpha value is -2.47. The number of nitrogens with one attached hydrogen (secondary N) is 1. The standard InChI is InChI=1S/C21H24FN3O2/c22-17-7-5-15(6-8-17)14-24-9-2-10-25(12-11-24)21(27)18-13-16-3-1-4-19(16)23-20(18)26/h5-8,13H,1-4,9-12,14H2,(H,23,26). The zero-order chi connectivity index (χ0) is 18.8. The fourth-order valence-corrected chi connectivity index (χ4v) is 4.02. The number of hydrogen-bond acceptors (Lipinski definition) is 3. The van der Waals surface area contributed by atoms with Crippen molar-refractivity contribution in [3.8, 4) is 0 Å². The van der Waals surface area contributed by atoms with Crippen molar-refractivity contribution in [2.24, 2.45) is 0 Å². The lowest BCUT2D eigenvalue weighted by molar-refractivity contribution is 0.0759. The second-order valence-electron chi connectivity index (χ2n) is 7.42. The molecule has 1 aliphatic carbocycles. The van der Waals surface area contributed by atoms with E-state index in [-0.39, 0.29) is 22.8 Å². The first kappa shape index (κ1) is 17.9. The van der Waals surface area contributed by atoms with Crippen molar-refractivity contribution in [1.82, 2.24) is 14.8 Å². The van der Waals surface area contributed by atoms with Crippen molar-refractivity contribution in [3.63, 3.8) is 0 Å². The van der Waals surface area contributed by atoms with Gasteiger partial charge in [-0.1, -0.05) is 12.1 Å². The second kappa shape index (κ2) is 7.64. The molecule has 2 heterocycles. The number of aromatic amines is 1. The van der Waals surface area contributed by atoms with Gasteiger partial charge in [-0.25, -0.2) is 4.39 Å². The topological polar surface area (TPSA) is 56.4 Å². The van der Waals surface area contributed by atoms with Crippen LogP contribution in [0.2, 0.25) is 0 Å². The van der Waals surface area contributed by atoms with E-state index in [0.29, 0.717) is 13.1 Å². The van der Waals surface area contributed by atoms with Crippen molar-refractivity contribution in [2.75, 3.05) is 26.2 Å². The van der Waals surface area contributed by atoms with Gasteiger partial charge in [0.25, 0.3) is 11.5 Å². The Morgan fingerprint density at radius 3 is 2.67 bits per heavy atom. The van der Waals surface area contributed by atoms with Gasteiger partial charge in [-0.05, 0) is 55.0 Å². The van der Waals surface area contributed by atoms with E-state index < -0.39 is 0 Å². The number of halogens is 1. The number of carbonyl (C=O) groups is 1. The molecule has 1 aliphatic heterocycles. The molecule has 4 rings (SSSR count). The normalized spacial score (nSPS) is 17.6. The van der Waals surface area contributed by atoms with Gasteiger partial charge in [0.15, 0.2) is 0 Å². The van der Waals surface area contributed by atoms with Gasteiger partial charge in [-0.15, -0.1) is 0 Å². The van der Waals surface area contributed by atoms with Crippen LogP contribution in [0.3, 0.4) is 0 Å². The minimum absolute atomic E-state index is 0.172. The van der Waals surface area contributed by atoms with Crippen LogP contribution >= 0.6 is 0 Å². The summed E-state index contributed by atoms with van der Waals surface area (Å²) < 4.78 is 13.1. The summed E-state index contributed by atoms with van der Waals surface area (Å²) in [5.74, 6) is -0.402. The lowest BCUT2D eigenvalue weighted by Crippen LogP contribution is -2.38. The number of benzene rings is 1. The summed E-state index contributed by atoms with van der Waals surface area (Å²) in [4.78, 5) is 32.2. The third-order valence-electron chi connectivity index (χ3n) is 5.51. The number of amides is 1. The number of aromatic nitrogens is 1. The molecule has 142 valence electrons. The van der Waals surface area contributed by atoms with E-state index in [0.717, 1.165) is 62.1 Å².